The molecule has 0 N–H and O–H groups in total. The van der Waals surface area contributed by atoms with Crippen LogP contribution in [0.5, 0.6) is 0 Å². The predicted molar refractivity (Wildman–Crippen MR) is 353 cm³/mol. The van der Waals surface area contributed by atoms with Crippen molar-refractivity contribution in [3.05, 3.63) is 72.9 Å². The number of allylic oxidation sites excluding steroid dienone is 12. The van der Waals surface area contributed by atoms with Crippen LogP contribution in [0.3, 0.4) is 0 Å². The van der Waals surface area contributed by atoms with Gasteiger partial charge in [-0.25, -0.2) is 0 Å². The fourth-order valence-electron chi connectivity index (χ4n) is 10.4. The molecule has 81 heavy (non-hydrogen) atoms. The van der Waals surface area contributed by atoms with Gasteiger partial charge in [0, 0.05) is 19.3 Å². The van der Waals surface area contributed by atoms with Crippen molar-refractivity contribution in [2.75, 3.05) is 13.2 Å². The fourth-order valence-corrected chi connectivity index (χ4v) is 10.4. The van der Waals surface area contributed by atoms with E-state index in [1.165, 1.54) is 231 Å². The maximum atomic E-state index is 12.9. The van der Waals surface area contributed by atoms with Crippen molar-refractivity contribution in [3.63, 3.8) is 0 Å². The Hall–Kier alpha value is -3.15. The molecule has 0 aliphatic rings. The summed E-state index contributed by atoms with van der Waals surface area (Å²) in [6.07, 6.45) is 90.9. The second kappa shape index (κ2) is 69.3. The summed E-state index contributed by atoms with van der Waals surface area (Å²) in [7, 11) is 0. The SMILES string of the molecule is CC/C=C\C/C=C\C/C=C\C/C=C\C/C=C\CCCCCCCCCCCCCCCCCCCCCC(=O)OCC(COC(=O)CCCCCCCCCCCCCC)OC(=O)CCCCCCC/C=C\CCCCCCCCC. The molecule has 0 aromatic rings. The van der Waals surface area contributed by atoms with E-state index in [0.29, 0.717) is 19.3 Å². The van der Waals surface area contributed by atoms with Gasteiger partial charge in [0.2, 0.25) is 0 Å². The summed E-state index contributed by atoms with van der Waals surface area (Å²) in [5.74, 6) is -0.858. The molecule has 0 aliphatic heterocycles. The normalized spacial score (nSPS) is 12.5. The quantitative estimate of drug-likeness (QED) is 0.0261. The van der Waals surface area contributed by atoms with Crippen LogP contribution in [0, 0.1) is 0 Å². The number of carbonyl (C=O) groups is 3. The van der Waals surface area contributed by atoms with E-state index in [9.17, 15) is 14.4 Å². The fraction of sp³-hybridized carbons (Fsp3) is 0.800. The third kappa shape index (κ3) is 67.5. The van der Waals surface area contributed by atoms with Crippen LogP contribution < -0.4 is 0 Å². The Morgan fingerprint density at radius 3 is 0.765 bits per heavy atom. The summed E-state index contributed by atoms with van der Waals surface area (Å²) in [6, 6.07) is 0. The highest BCUT2D eigenvalue weighted by molar-refractivity contribution is 5.71. The van der Waals surface area contributed by atoms with Gasteiger partial charge in [-0.15, -0.1) is 0 Å². The molecule has 0 fully saturated rings. The van der Waals surface area contributed by atoms with Crippen molar-refractivity contribution >= 4 is 17.9 Å². The molecule has 0 spiro atoms. The number of hydrogen-bond donors (Lipinski definition) is 0. The third-order valence-corrected chi connectivity index (χ3v) is 15.7. The molecule has 0 aromatic heterocycles. The van der Waals surface area contributed by atoms with Gasteiger partial charge in [-0.2, -0.15) is 0 Å². The number of rotatable bonds is 65. The molecule has 0 saturated heterocycles. The van der Waals surface area contributed by atoms with Crippen molar-refractivity contribution in [1.82, 2.24) is 0 Å². The standard InChI is InChI=1S/C75H134O6/c1-4-7-10-13-16-19-22-25-27-29-30-31-32-33-34-35-36-37-38-39-40-41-42-43-44-45-46-47-49-50-53-56-59-62-65-68-74(77)80-71-72(70-79-73(76)67-64-61-58-55-52-24-21-18-15-12-9-6-3)81-75(78)69-66-63-60-57-54-51-48-28-26-23-20-17-14-11-8-5-2/h7,10,16,19,25,27-28,30-31,33-34,48,72H,4-6,8-9,11-15,17-18,20-24,26,29,32,35-47,49-71H2,1-3H3/b10-7-,19-16-,27-25-,31-30-,34-33-,48-28-. The first kappa shape index (κ1) is 77.9. The Kier molecular flexibility index (Phi) is 66.6. The van der Waals surface area contributed by atoms with Gasteiger partial charge in [0.1, 0.15) is 13.2 Å². The van der Waals surface area contributed by atoms with Crippen LogP contribution in [0.15, 0.2) is 72.9 Å². The highest BCUT2D eigenvalue weighted by Crippen LogP contribution is 2.18. The zero-order valence-electron chi connectivity index (χ0n) is 54.1. The molecule has 0 aliphatic carbocycles. The van der Waals surface area contributed by atoms with Gasteiger partial charge in [0.25, 0.3) is 0 Å². The Morgan fingerprint density at radius 1 is 0.259 bits per heavy atom. The van der Waals surface area contributed by atoms with E-state index in [0.717, 1.165) is 96.3 Å². The van der Waals surface area contributed by atoms with E-state index in [1.54, 1.807) is 0 Å². The number of hydrogen-bond acceptors (Lipinski definition) is 6. The molecule has 1 atom stereocenters. The second-order valence-electron chi connectivity index (χ2n) is 23.8. The van der Waals surface area contributed by atoms with Gasteiger partial charge in [0.15, 0.2) is 6.10 Å². The summed E-state index contributed by atoms with van der Waals surface area (Å²) in [4.78, 5) is 38.3. The molecule has 0 saturated carbocycles. The van der Waals surface area contributed by atoms with Crippen molar-refractivity contribution in [2.24, 2.45) is 0 Å². The molecule has 6 heteroatoms. The van der Waals surface area contributed by atoms with Crippen LogP contribution >= 0.6 is 0 Å². The summed E-state index contributed by atoms with van der Waals surface area (Å²) in [5.41, 5.74) is 0. The van der Waals surface area contributed by atoms with Crippen molar-refractivity contribution in [1.29, 1.82) is 0 Å². The van der Waals surface area contributed by atoms with Gasteiger partial charge >= 0.3 is 17.9 Å². The van der Waals surface area contributed by atoms with Crippen LogP contribution in [0.2, 0.25) is 0 Å². The second-order valence-corrected chi connectivity index (χ2v) is 23.8. The van der Waals surface area contributed by atoms with E-state index < -0.39 is 6.10 Å². The van der Waals surface area contributed by atoms with Crippen LogP contribution in [0.4, 0.5) is 0 Å². The molecule has 0 rings (SSSR count). The van der Waals surface area contributed by atoms with Crippen LogP contribution in [-0.4, -0.2) is 37.2 Å². The number of unbranched alkanes of at least 4 members (excludes halogenated alkanes) is 42. The highest BCUT2D eigenvalue weighted by atomic mass is 16.6. The topological polar surface area (TPSA) is 78.9 Å². The van der Waals surface area contributed by atoms with E-state index in [2.05, 4.69) is 93.7 Å². The molecular weight excluding hydrogens is 997 g/mol. The maximum absolute atomic E-state index is 12.9. The molecule has 0 amide bonds. The van der Waals surface area contributed by atoms with E-state index >= 15 is 0 Å². The van der Waals surface area contributed by atoms with Crippen LogP contribution in [0.25, 0.3) is 0 Å². The Bertz CT molecular complexity index is 1490. The number of esters is 3. The van der Waals surface area contributed by atoms with Crippen molar-refractivity contribution in [2.45, 2.75) is 374 Å². The van der Waals surface area contributed by atoms with Crippen molar-refractivity contribution in [3.8, 4) is 0 Å². The van der Waals surface area contributed by atoms with E-state index in [4.69, 9.17) is 14.2 Å². The minimum absolute atomic E-state index is 0.0718. The smallest absolute Gasteiger partial charge is 0.306 e. The van der Waals surface area contributed by atoms with E-state index in [-0.39, 0.29) is 31.1 Å². The van der Waals surface area contributed by atoms with E-state index in [1.807, 2.05) is 0 Å². The molecule has 0 heterocycles. The van der Waals surface area contributed by atoms with Gasteiger partial charge < -0.3 is 14.2 Å². The highest BCUT2D eigenvalue weighted by Gasteiger charge is 2.19. The molecule has 0 bridgehead atoms. The number of carbonyl (C=O) groups excluding carboxylic acids is 3. The minimum Gasteiger partial charge on any atom is -0.462 e. The van der Waals surface area contributed by atoms with Crippen molar-refractivity contribution < 1.29 is 28.6 Å². The summed E-state index contributed by atoms with van der Waals surface area (Å²) in [5, 5.41) is 0. The lowest BCUT2D eigenvalue weighted by atomic mass is 10.0. The first-order chi connectivity index (χ1) is 40.0. The summed E-state index contributed by atoms with van der Waals surface area (Å²) < 4.78 is 16.9. The van der Waals surface area contributed by atoms with Crippen LogP contribution in [0.1, 0.15) is 367 Å². The first-order valence-corrected chi connectivity index (χ1v) is 35.4. The zero-order chi connectivity index (χ0) is 58.5. The Balaban J connectivity index is 4.09. The lowest BCUT2D eigenvalue weighted by Gasteiger charge is -2.18. The first-order valence-electron chi connectivity index (χ1n) is 35.4. The largest absolute Gasteiger partial charge is 0.462 e. The molecular formula is C75H134O6. The minimum atomic E-state index is -0.775. The third-order valence-electron chi connectivity index (χ3n) is 15.7. The molecule has 0 radical (unpaired) electrons. The van der Waals surface area contributed by atoms with Crippen LogP contribution in [-0.2, 0) is 28.6 Å². The lowest BCUT2D eigenvalue weighted by molar-refractivity contribution is -0.167. The van der Waals surface area contributed by atoms with Gasteiger partial charge in [-0.3, -0.25) is 14.4 Å². The number of ether oxygens (including phenoxy) is 3. The van der Waals surface area contributed by atoms with Gasteiger partial charge in [-0.1, -0.05) is 331 Å². The molecule has 0 aromatic carbocycles. The summed E-state index contributed by atoms with van der Waals surface area (Å²) >= 11 is 0. The molecule has 6 nitrogen and oxygen atoms in total. The summed E-state index contributed by atoms with van der Waals surface area (Å²) in [6.45, 7) is 6.56. The zero-order valence-corrected chi connectivity index (χ0v) is 54.1. The van der Waals surface area contributed by atoms with Gasteiger partial charge in [0.05, 0.1) is 0 Å². The average Bonchev–Trinajstić information content (AvgIpc) is 3.47. The van der Waals surface area contributed by atoms with Gasteiger partial charge in [-0.05, 0) is 89.9 Å². The maximum Gasteiger partial charge on any atom is 0.306 e. The molecule has 470 valence electrons. The molecule has 1 unspecified atom stereocenters. The Labute approximate surface area is 503 Å². The monoisotopic (exact) mass is 1130 g/mol. The Morgan fingerprint density at radius 2 is 0.481 bits per heavy atom. The average molecular weight is 1130 g/mol. The lowest BCUT2D eigenvalue weighted by Crippen LogP contribution is -2.30. The predicted octanol–water partition coefficient (Wildman–Crippen LogP) is 24.4.